The quantitative estimate of drug-likeness (QED) is 0.466. The summed E-state index contributed by atoms with van der Waals surface area (Å²) >= 11 is 6.01. The number of halogens is 1. The molecule has 1 aliphatic heterocycles. The molecule has 0 spiro atoms. The standard InChI is InChI=1S/C23H20ClN3O6/c24-16-7-4-8-17(9-16)27-20(28)10-18(26-27)22(31)25-23(12-21(29)30,19-13-32-14-33-19)11-15-5-2-1-3-6-15/h1-10,13,26H,11-12,14H2,(H,25,31)(H,29,30). The number of carbonyl (C=O) groups is 2. The van der Waals surface area contributed by atoms with Crippen molar-refractivity contribution in [1.82, 2.24) is 15.1 Å². The summed E-state index contributed by atoms with van der Waals surface area (Å²) < 4.78 is 11.8. The topological polar surface area (TPSA) is 123 Å². The highest BCUT2D eigenvalue weighted by molar-refractivity contribution is 6.30. The van der Waals surface area contributed by atoms with Crippen LogP contribution in [0.15, 0.2) is 77.5 Å². The smallest absolute Gasteiger partial charge is 0.306 e. The van der Waals surface area contributed by atoms with Crippen LogP contribution in [0.3, 0.4) is 0 Å². The maximum absolute atomic E-state index is 13.2. The fraction of sp³-hybridized carbons (Fsp3) is 0.174. The Bertz CT molecular complexity index is 1270. The Hall–Kier alpha value is -3.98. The van der Waals surface area contributed by atoms with E-state index in [0.717, 1.165) is 11.6 Å². The summed E-state index contributed by atoms with van der Waals surface area (Å²) in [5.74, 6) is -1.65. The van der Waals surface area contributed by atoms with E-state index in [4.69, 9.17) is 21.1 Å². The molecule has 4 rings (SSSR count). The Morgan fingerprint density at radius 3 is 2.61 bits per heavy atom. The third kappa shape index (κ3) is 4.93. The van der Waals surface area contributed by atoms with E-state index in [1.54, 1.807) is 24.3 Å². The van der Waals surface area contributed by atoms with Crippen LogP contribution in [0.1, 0.15) is 22.5 Å². The lowest BCUT2D eigenvalue weighted by Crippen LogP contribution is -2.53. The van der Waals surface area contributed by atoms with Gasteiger partial charge in [-0.05, 0) is 23.8 Å². The monoisotopic (exact) mass is 469 g/mol. The second kappa shape index (κ2) is 9.25. The minimum absolute atomic E-state index is 0.0534. The highest BCUT2D eigenvalue weighted by atomic mass is 35.5. The minimum atomic E-state index is -1.45. The van der Waals surface area contributed by atoms with Gasteiger partial charge in [0.15, 0.2) is 5.76 Å². The summed E-state index contributed by atoms with van der Waals surface area (Å²) in [6, 6.07) is 16.8. The van der Waals surface area contributed by atoms with Crippen molar-refractivity contribution in [3.05, 3.63) is 99.3 Å². The van der Waals surface area contributed by atoms with Crippen LogP contribution in [-0.4, -0.2) is 39.1 Å². The second-order valence-electron chi connectivity index (χ2n) is 7.50. The summed E-state index contributed by atoms with van der Waals surface area (Å²) in [6.45, 7) is -0.0939. The summed E-state index contributed by atoms with van der Waals surface area (Å²) in [6.07, 6.45) is 0.953. The van der Waals surface area contributed by atoms with E-state index >= 15 is 0 Å². The average Bonchev–Trinajstić information content (AvgIpc) is 3.44. The highest BCUT2D eigenvalue weighted by Crippen LogP contribution is 2.30. The first-order valence-electron chi connectivity index (χ1n) is 9.98. The Morgan fingerprint density at radius 2 is 1.94 bits per heavy atom. The van der Waals surface area contributed by atoms with Gasteiger partial charge in [-0.25, -0.2) is 4.68 Å². The number of benzene rings is 2. The molecule has 1 unspecified atom stereocenters. The van der Waals surface area contributed by atoms with Gasteiger partial charge >= 0.3 is 5.97 Å². The van der Waals surface area contributed by atoms with Gasteiger partial charge in [-0.1, -0.05) is 48.0 Å². The van der Waals surface area contributed by atoms with E-state index in [0.29, 0.717) is 10.7 Å². The Balaban J connectivity index is 1.70. The van der Waals surface area contributed by atoms with E-state index in [1.165, 1.54) is 10.9 Å². The van der Waals surface area contributed by atoms with Gasteiger partial charge in [0.25, 0.3) is 11.5 Å². The van der Waals surface area contributed by atoms with Gasteiger partial charge in [-0.3, -0.25) is 19.5 Å². The molecule has 1 aliphatic rings. The number of amides is 1. The van der Waals surface area contributed by atoms with Crippen LogP contribution in [0.5, 0.6) is 0 Å². The van der Waals surface area contributed by atoms with Crippen LogP contribution < -0.4 is 10.9 Å². The Morgan fingerprint density at radius 1 is 1.15 bits per heavy atom. The zero-order valence-corrected chi connectivity index (χ0v) is 18.0. The predicted octanol–water partition coefficient (Wildman–Crippen LogP) is 2.85. The lowest BCUT2D eigenvalue weighted by atomic mass is 9.85. The molecule has 2 aromatic carbocycles. The molecular weight excluding hydrogens is 450 g/mol. The summed E-state index contributed by atoms with van der Waals surface area (Å²) in [5, 5.41) is 15.6. The number of aliphatic carboxylic acids is 1. The molecule has 170 valence electrons. The molecule has 3 aromatic rings. The molecule has 2 heterocycles. The van der Waals surface area contributed by atoms with Crippen LogP contribution in [-0.2, 0) is 20.7 Å². The fourth-order valence-corrected chi connectivity index (χ4v) is 3.87. The van der Waals surface area contributed by atoms with E-state index in [9.17, 15) is 19.5 Å². The van der Waals surface area contributed by atoms with Crippen LogP contribution in [0.2, 0.25) is 5.02 Å². The van der Waals surface area contributed by atoms with Crippen LogP contribution in [0, 0.1) is 0 Å². The molecular formula is C23H20ClN3O6. The number of ether oxygens (including phenoxy) is 2. The number of aromatic amines is 1. The number of hydrogen-bond donors (Lipinski definition) is 3. The molecule has 1 aromatic heterocycles. The van der Waals surface area contributed by atoms with Crippen molar-refractivity contribution < 1.29 is 24.2 Å². The molecule has 0 saturated heterocycles. The number of nitrogens with zero attached hydrogens (tertiary/aromatic N) is 1. The van der Waals surface area contributed by atoms with Crippen molar-refractivity contribution in [2.75, 3.05) is 6.79 Å². The molecule has 0 bridgehead atoms. The summed E-state index contributed by atoms with van der Waals surface area (Å²) in [7, 11) is 0. The average molecular weight is 470 g/mol. The number of carboxylic acid groups (broad SMARTS) is 1. The SMILES string of the molecule is O=C(O)CC(Cc1ccccc1)(NC(=O)c1cc(=O)n(-c2cccc(Cl)c2)[nH]1)C1=COCO1. The van der Waals surface area contributed by atoms with Gasteiger partial charge in [0.2, 0.25) is 6.79 Å². The third-order valence-corrected chi connectivity index (χ3v) is 5.37. The molecule has 0 aliphatic carbocycles. The van der Waals surface area contributed by atoms with E-state index in [2.05, 4.69) is 10.4 Å². The summed E-state index contributed by atoms with van der Waals surface area (Å²) in [4.78, 5) is 37.5. The molecule has 1 atom stereocenters. The van der Waals surface area contributed by atoms with Gasteiger partial charge in [0, 0.05) is 17.5 Å². The highest BCUT2D eigenvalue weighted by Gasteiger charge is 2.42. The lowest BCUT2D eigenvalue weighted by molar-refractivity contribution is -0.138. The predicted molar refractivity (Wildman–Crippen MR) is 119 cm³/mol. The Labute approximate surface area is 193 Å². The number of hydrogen-bond acceptors (Lipinski definition) is 5. The van der Waals surface area contributed by atoms with Crippen LogP contribution in [0.25, 0.3) is 5.69 Å². The molecule has 3 N–H and O–H groups in total. The van der Waals surface area contributed by atoms with Crippen LogP contribution >= 0.6 is 11.6 Å². The van der Waals surface area contributed by atoms with Crippen molar-refractivity contribution in [1.29, 1.82) is 0 Å². The van der Waals surface area contributed by atoms with Crippen molar-refractivity contribution in [2.45, 2.75) is 18.4 Å². The first kappa shape index (κ1) is 22.2. The minimum Gasteiger partial charge on any atom is -0.481 e. The zero-order valence-electron chi connectivity index (χ0n) is 17.3. The molecule has 10 heteroatoms. The van der Waals surface area contributed by atoms with E-state index in [1.807, 2.05) is 30.3 Å². The second-order valence-corrected chi connectivity index (χ2v) is 7.94. The van der Waals surface area contributed by atoms with Gasteiger partial charge in [0.1, 0.15) is 17.5 Å². The van der Waals surface area contributed by atoms with E-state index in [-0.39, 0.29) is 24.7 Å². The van der Waals surface area contributed by atoms with E-state index < -0.39 is 29.4 Å². The first-order chi connectivity index (χ1) is 15.9. The van der Waals surface area contributed by atoms with Crippen LogP contribution in [0.4, 0.5) is 0 Å². The number of H-pyrrole nitrogens is 1. The largest absolute Gasteiger partial charge is 0.481 e. The van der Waals surface area contributed by atoms with Gasteiger partial charge in [-0.15, -0.1) is 0 Å². The van der Waals surface area contributed by atoms with Crippen molar-refractivity contribution >= 4 is 23.5 Å². The van der Waals surface area contributed by atoms with Crippen molar-refractivity contribution in [3.63, 3.8) is 0 Å². The normalized spacial score (nSPS) is 14.5. The fourth-order valence-electron chi connectivity index (χ4n) is 3.69. The maximum atomic E-state index is 13.2. The lowest BCUT2D eigenvalue weighted by Gasteiger charge is -2.33. The number of rotatable bonds is 8. The molecule has 1 amide bonds. The number of aromatic nitrogens is 2. The van der Waals surface area contributed by atoms with Crippen molar-refractivity contribution in [3.8, 4) is 5.69 Å². The summed E-state index contributed by atoms with van der Waals surface area (Å²) in [5.41, 5.74) is -0.755. The molecule has 0 fully saturated rings. The third-order valence-electron chi connectivity index (χ3n) is 5.13. The molecule has 0 radical (unpaired) electrons. The maximum Gasteiger partial charge on any atom is 0.306 e. The number of carbonyl (C=O) groups excluding carboxylic acids is 1. The van der Waals surface area contributed by atoms with Crippen molar-refractivity contribution in [2.24, 2.45) is 0 Å². The number of carboxylic acids is 1. The van der Waals surface area contributed by atoms with Gasteiger partial charge in [0.05, 0.1) is 12.1 Å². The number of nitrogens with one attached hydrogen (secondary N) is 2. The van der Waals surface area contributed by atoms with Gasteiger partial charge in [-0.2, -0.15) is 0 Å². The zero-order chi connectivity index (χ0) is 23.4. The Kier molecular flexibility index (Phi) is 6.23. The molecule has 0 saturated carbocycles. The molecule has 33 heavy (non-hydrogen) atoms. The van der Waals surface area contributed by atoms with Gasteiger partial charge < -0.3 is 19.9 Å². The molecule has 9 nitrogen and oxygen atoms in total. The first-order valence-corrected chi connectivity index (χ1v) is 10.4.